The molecule has 1 aromatic rings. The first-order chi connectivity index (χ1) is 12.4. The zero-order valence-corrected chi connectivity index (χ0v) is 18.9. The number of guanidine groups is 1. The monoisotopic (exact) mass is 491 g/mol. The van der Waals surface area contributed by atoms with E-state index in [0.29, 0.717) is 18.2 Å². The van der Waals surface area contributed by atoms with E-state index in [1.807, 2.05) is 26.0 Å². The van der Waals surface area contributed by atoms with Crippen LogP contribution in [-0.2, 0) is 4.79 Å². The molecule has 0 saturated carbocycles. The number of anilines is 1. The molecule has 27 heavy (non-hydrogen) atoms. The van der Waals surface area contributed by atoms with Crippen LogP contribution in [0.15, 0.2) is 29.3 Å². The highest BCUT2D eigenvalue weighted by molar-refractivity contribution is 14.0. The van der Waals surface area contributed by atoms with Crippen molar-refractivity contribution in [2.24, 2.45) is 4.99 Å². The van der Waals surface area contributed by atoms with E-state index < -0.39 is 0 Å². The summed E-state index contributed by atoms with van der Waals surface area (Å²) < 4.78 is 14.1. The van der Waals surface area contributed by atoms with Crippen molar-refractivity contribution in [2.45, 2.75) is 38.8 Å². The summed E-state index contributed by atoms with van der Waals surface area (Å²) in [5, 5.41) is 6.67. The van der Waals surface area contributed by atoms with Gasteiger partial charge in [0.15, 0.2) is 5.96 Å². The number of hydrogen-bond acceptors (Lipinski definition) is 3. The van der Waals surface area contributed by atoms with E-state index in [0.717, 1.165) is 19.4 Å². The van der Waals surface area contributed by atoms with Crippen LogP contribution >= 0.6 is 24.0 Å². The smallest absolute Gasteiger partial charge is 0.243 e. The number of carbonyl (C=O) groups is 1. The first kappa shape index (κ1) is 23.5. The summed E-state index contributed by atoms with van der Waals surface area (Å²) in [5.41, 5.74) is 0.636. The van der Waals surface area contributed by atoms with Crippen LogP contribution in [0.3, 0.4) is 0 Å². The molecule has 1 aliphatic heterocycles. The number of likely N-dealkylation sites (N-methyl/N-ethyl adjacent to an activating group) is 1. The van der Waals surface area contributed by atoms with E-state index in [1.54, 1.807) is 20.2 Å². The topological polar surface area (TPSA) is 60.0 Å². The fourth-order valence-corrected chi connectivity index (χ4v) is 2.91. The van der Waals surface area contributed by atoms with Gasteiger partial charge in [0.25, 0.3) is 0 Å². The molecule has 1 saturated heterocycles. The van der Waals surface area contributed by atoms with Gasteiger partial charge in [-0.2, -0.15) is 0 Å². The lowest BCUT2D eigenvalue weighted by Gasteiger charge is -2.35. The van der Waals surface area contributed by atoms with E-state index in [4.69, 9.17) is 0 Å². The Morgan fingerprint density at radius 1 is 1.37 bits per heavy atom. The van der Waals surface area contributed by atoms with E-state index in [2.05, 4.69) is 20.5 Å². The van der Waals surface area contributed by atoms with Gasteiger partial charge in [0.1, 0.15) is 12.4 Å². The normalized spacial score (nSPS) is 17.3. The number of rotatable bonds is 5. The largest absolute Gasteiger partial charge is 0.367 e. The van der Waals surface area contributed by atoms with Crippen LogP contribution in [0.4, 0.5) is 10.1 Å². The highest BCUT2D eigenvalue weighted by Crippen LogP contribution is 2.22. The van der Waals surface area contributed by atoms with Gasteiger partial charge in [0.2, 0.25) is 5.91 Å². The van der Waals surface area contributed by atoms with E-state index >= 15 is 0 Å². The molecule has 1 fully saturated rings. The Labute approximate surface area is 178 Å². The van der Waals surface area contributed by atoms with Gasteiger partial charge >= 0.3 is 0 Å². The number of para-hydroxylation sites is 1. The molecule has 1 amide bonds. The number of hydrogen-bond donors (Lipinski definition) is 2. The molecule has 2 N–H and O–H groups in total. The summed E-state index contributed by atoms with van der Waals surface area (Å²) in [6.07, 6.45) is 1.95. The van der Waals surface area contributed by atoms with E-state index in [9.17, 15) is 9.18 Å². The molecule has 1 atom stereocenters. The molecule has 6 nitrogen and oxygen atoms in total. The maximum Gasteiger partial charge on any atom is 0.243 e. The fourth-order valence-electron chi connectivity index (χ4n) is 2.91. The fraction of sp³-hybridized carbons (Fsp3) is 0.579. The number of nitrogens with one attached hydrogen (secondary N) is 2. The van der Waals surface area contributed by atoms with Crippen molar-refractivity contribution in [3.63, 3.8) is 0 Å². The van der Waals surface area contributed by atoms with Crippen LogP contribution in [0.1, 0.15) is 26.7 Å². The maximum atomic E-state index is 14.1. The zero-order chi connectivity index (χ0) is 19.1. The van der Waals surface area contributed by atoms with Gasteiger partial charge in [0, 0.05) is 39.3 Å². The van der Waals surface area contributed by atoms with Crippen LogP contribution in [0.25, 0.3) is 0 Å². The van der Waals surface area contributed by atoms with Gasteiger partial charge in [-0.25, -0.2) is 9.38 Å². The molecule has 0 radical (unpaired) electrons. The second kappa shape index (κ2) is 11.3. The van der Waals surface area contributed by atoms with E-state index in [-0.39, 0.29) is 54.3 Å². The van der Waals surface area contributed by atoms with Crippen LogP contribution in [0, 0.1) is 5.82 Å². The van der Waals surface area contributed by atoms with Crippen molar-refractivity contribution in [3.05, 3.63) is 30.1 Å². The van der Waals surface area contributed by atoms with Gasteiger partial charge in [-0.3, -0.25) is 4.79 Å². The number of piperidine rings is 1. The van der Waals surface area contributed by atoms with Crippen molar-refractivity contribution in [1.82, 2.24) is 15.5 Å². The molecule has 0 aliphatic carbocycles. The number of benzene rings is 1. The first-order valence-corrected chi connectivity index (χ1v) is 9.14. The molecule has 0 bridgehead atoms. The standard InChI is InChI=1S/C19H30FN5O.HI/c1-14(2)22-19(21-12-18(26)24(3)4)23-15-8-7-11-25(13-15)17-10-6-5-9-16(17)20;/h5-6,9-10,14-15H,7-8,11-13H2,1-4H3,(H2,21,22,23);1H. The van der Waals surface area contributed by atoms with Crippen LogP contribution in [0.5, 0.6) is 0 Å². The highest BCUT2D eigenvalue weighted by Gasteiger charge is 2.23. The van der Waals surface area contributed by atoms with Crippen LogP contribution in [0.2, 0.25) is 0 Å². The lowest BCUT2D eigenvalue weighted by atomic mass is 10.0. The Kier molecular flexibility index (Phi) is 9.82. The second-order valence-corrected chi connectivity index (χ2v) is 7.13. The predicted molar refractivity (Wildman–Crippen MR) is 119 cm³/mol. The van der Waals surface area contributed by atoms with Crippen molar-refractivity contribution in [2.75, 3.05) is 38.6 Å². The molecule has 1 unspecified atom stereocenters. The molecule has 8 heteroatoms. The summed E-state index contributed by atoms with van der Waals surface area (Å²) in [5.74, 6) is 0.376. The minimum atomic E-state index is -0.195. The Morgan fingerprint density at radius 2 is 2.07 bits per heavy atom. The SMILES string of the molecule is CC(C)NC(=NCC(=O)N(C)C)NC1CCCN(c2ccccc2F)C1.I. The number of carbonyl (C=O) groups excluding carboxylic acids is 1. The Bertz CT molecular complexity index is 638. The molecule has 152 valence electrons. The van der Waals surface area contributed by atoms with E-state index in [1.165, 1.54) is 11.0 Å². The lowest BCUT2D eigenvalue weighted by Crippen LogP contribution is -2.52. The number of nitrogens with zero attached hydrogens (tertiary/aromatic N) is 3. The summed E-state index contributed by atoms with van der Waals surface area (Å²) >= 11 is 0. The van der Waals surface area contributed by atoms with Gasteiger partial charge in [0.05, 0.1) is 5.69 Å². The molecule has 0 spiro atoms. The third-order valence-electron chi connectivity index (χ3n) is 4.25. The summed E-state index contributed by atoms with van der Waals surface area (Å²) in [6, 6.07) is 7.21. The minimum Gasteiger partial charge on any atom is -0.367 e. The molecular formula is C19H31FIN5O. The number of amides is 1. The summed E-state index contributed by atoms with van der Waals surface area (Å²) in [4.78, 5) is 19.8. The molecular weight excluding hydrogens is 460 g/mol. The lowest BCUT2D eigenvalue weighted by molar-refractivity contribution is -0.127. The third-order valence-corrected chi connectivity index (χ3v) is 4.25. The number of aliphatic imine (C=N–C) groups is 1. The van der Waals surface area contributed by atoms with Gasteiger partial charge < -0.3 is 20.4 Å². The zero-order valence-electron chi connectivity index (χ0n) is 16.5. The van der Waals surface area contributed by atoms with Crippen molar-refractivity contribution < 1.29 is 9.18 Å². The Balaban J connectivity index is 0.00000364. The molecule has 1 aliphatic rings. The van der Waals surface area contributed by atoms with Crippen molar-refractivity contribution >= 4 is 41.5 Å². The average molecular weight is 491 g/mol. The van der Waals surface area contributed by atoms with Crippen LogP contribution in [-0.4, -0.2) is 62.6 Å². The van der Waals surface area contributed by atoms with Gasteiger partial charge in [-0.1, -0.05) is 12.1 Å². The predicted octanol–water partition coefficient (Wildman–Crippen LogP) is 2.44. The summed E-state index contributed by atoms with van der Waals surface area (Å²) in [6.45, 7) is 5.68. The molecule has 1 heterocycles. The Hall–Kier alpha value is -1.58. The minimum absolute atomic E-state index is 0. The Morgan fingerprint density at radius 3 is 2.70 bits per heavy atom. The molecule has 0 aromatic heterocycles. The van der Waals surface area contributed by atoms with Gasteiger partial charge in [-0.15, -0.1) is 24.0 Å². The number of halogens is 2. The average Bonchev–Trinajstić information content (AvgIpc) is 2.59. The van der Waals surface area contributed by atoms with Crippen molar-refractivity contribution in [3.8, 4) is 0 Å². The summed E-state index contributed by atoms with van der Waals surface area (Å²) in [7, 11) is 3.43. The maximum absolute atomic E-state index is 14.1. The van der Waals surface area contributed by atoms with Crippen LogP contribution < -0.4 is 15.5 Å². The first-order valence-electron chi connectivity index (χ1n) is 9.14. The third kappa shape index (κ3) is 7.51. The van der Waals surface area contributed by atoms with Crippen molar-refractivity contribution in [1.29, 1.82) is 0 Å². The highest BCUT2D eigenvalue weighted by atomic mass is 127. The molecule has 2 rings (SSSR count). The quantitative estimate of drug-likeness (QED) is 0.378. The van der Waals surface area contributed by atoms with Gasteiger partial charge in [-0.05, 0) is 38.8 Å². The second-order valence-electron chi connectivity index (χ2n) is 7.13. The molecule has 1 aromatic carbocycles.